The molecule has 0 radical (unpaired) electrons. The first kappa shape index (κ1) is 26.3. The highest BCUT2D eigenvalue weighted by Crippen LogP contribution is 2.32. The van der Waals surface area contributed by atoms with Gasteiger partial charge in [-0.05, 0) is 68.5 Å². The van der Waals surface area contributed by atoms with Gasteiger partial charge in [-0.3, -0.25) is 0 Å². The zero-order valence-corrected chi connectivity index (χ0v) is 21.0. The van der Waals surface area contributed by atoms with Gasteiger partial charge in [-0.25, -0.2) is 0 Å². The molecule has 1 saturated heterocycles. The maximum Gasteiger partial charge on any atom is 0.166 e. The fourth-order valence-electron chi connectivity index (χ4n) is 4.68. The summed E-state index contributed by atoms with van der Waals surface area (Å²) in [6, 6.07) is 16.1. The molecule has 0 bridgehead atoms. The second-order valence-corrected chi connectivity index (χ2v) is 9.53. The van der Waals surface area contributed by atoms with Crippen LogP contribution in [0.1, 0.15) is 68.9 Å². The van der Waals surface area contributed by atoms with Gasteiger partial charge in [0.25, 0.3) is 0 Å². The fraction of sp³-hybridized carbons (Fsp3) is 0.533. The largest absolute Gasteiger partial charge is 0.484 e. The van der Waals surface area contributed by atoms with Crippen molar-refractivity contribution < 1.29 is 19.3 Å². The van der Waals surface area contributed by atoms with E-state index in [0.29, 0.717) is 0 Å². The van der Waals surface area contributed by atoms with E-state index in [2.05, 4.69) is 19.6 Å². The van der Waals surface area contributed by atoms with E-state index in [4.69, 9.17) is 14.2 Å². The van der Waals surface area contributed by atoms with E-state index in [1.54, 1.807) is 0 Å². The standard InChI is InChI=1S/C30H42O4/c1-4-5-6-7-8-9-10-11-12-19-27-29(32-25-17-13-15-23(2)20-25)30(28(22-31)34-27)33-26-18-14-16-24(3)21-26/h4,13-18,20-21,27-31H,1,5-12,19,22H2,2-3H3/t27-,28-,29-,30-/m1/s1. The topological polar surface area (TPSA) is 47.9 Å². The summed E-state index contributed by atoms with van der Waals surface area (Å²) in [5.74, 6) is 1.59. The lowest BCUT2D eigenvalue weighted by Crippen LogP contribution is -2.43. The van der Waals surface area contributed by atoms with Crippen LogP contribution in [-0.4, -0.2) is 36.1 Å². The molecule has 1 aliphatic heterocycles. The van der Waals surface area contributed by atoms with Crippen LogP contribution in [0.15, 0.2) is 61.2 Å². The number of allylic oxidation sites excluding steroid dienone is 1. The third kappa shape index (κ3) is 8.18. The van der Waals surface area contributed by atoms with Gasteiger partial charge in [0.2, 0.25) is 0 Å². The van der Waals surface area contributed by atoms with E-state index in [0.717, 1.165) is 41.9 Å². The summed E-state index contributed by atoms with van der Waals surface area (Å²) in [7, 11) is 0. The molecule has 1 N–H and O–H groups in total. The Bertz CT molecular complexity index is 864. The summed E-state index contributed by atoms with van der Waals surface area (Å²) < 4.78 is 19.2. The van der Waals surface area contributed by atoms with Gasteiger partial charge in [-0.2, -0.15) is 0 Å². The lowest BCUT2D eigenvalue weighted by Gasteiger charge is -2.26. The first-order chi connectivity index (χ1) is 16.6. The predicted molar refractivity (Wildman–Crippen MR) is 139 cm³/mol. The van der Waals surface area contributed by atoms with Crippen LogP contribution in [0.2, 0.25) is 0 Å². The van der Waals surface area contributed by atoms with Crippen LogP contribution in [0.5, 0.6) is 11.5 Å². The number of benzene rings is 2. The molecular formula is C30H42O4. The van der Waals surface area contributed by atoms with E-state index < -0.39 is 6.10 Å². The number of aryl methyl sites for hydroxylation is 2. The monoisotopic (exact) mass is 466 g/mol. The maximum atomic E-state index is 10.1. The van der Waals surface area contributed by atoms with Gasteiger partial charge in [0.15, 0.2) is 12.2 Å². The molecule has 0 unspecified atom stereocenters. The van der Waals surface area contributed by atoms with E-state index in [-0.39, 0.29) is 24.9 Å². The van der Waals surface area contributed by atoms with Gasteiger partial charge in [0, 0.05) is 0 Å². The summed E-state index contributed by atoms with van der Waals surface area (Å²) in [4.78, 5) is 0. The van der Waals surface area contributed by atoms with Crippen molar-refractivity contribution in [1.82, 2.24) is 0 Å². The fourth-order valence-corrected chi connectivity index (χ4v) is 4.68. The van der Waals surface area contributed by atoms with E-state index in [1.165, 1.54) is 38.5 Å². The van der Waals surface area contributed by atoms with Crippen molar-refractivity contribution in [2.24, 2.45) is 0 Å². The summed E-state index contributed by atoms with van der Waals surface area (Å²) in [6.45, 7) is 7.80. The Kier molecular flexibility index (Phi) is 11.0. The third-order valence-electron chi connectivity index (χ3n) is 6.51. The van der Waals surface area contributed by atoms with Crippen LogP contribution in [0.4, 0.5) is 0 Å². The minimum absolute atomic E-state index is 0.0919. The Hall–Kier alpha value is -2.30. The second-order valence-electron chi connectivity index (χ2n) is 9.53. The number of unbranched alkanes of at least 4 members (excludes halogenated alkanes) is 7. The van der Waals surface area contributed by atoms with Crippen molar-refractivity contribution >= 4 is 0 Å². The first-order valence-electron chi connectivity index (χ1n) is 12.9. The van der Waals surface area contributed by atoms with Crippen LogP contribution in [0, 0.1) is 13.8 Å². The Morgan fingerprint density at radius 1 is 0.794 bits per heavy atom. The van der Waals surface area contributed by atoms with Crippen molar-refractivity contribution in [2.45, 2.75) is 96.1 Å². The number of hydrogen-bond donors (Lipinski definition) is 1. The smallest absolute Gasteiger partial charge is 0.166 e. The Labute approximate surface area is 205 Å². The molecule has 4 atom stereocenters. The minimum Gasteiger partial charge on any atom is -0.484 e. The van der Waals surface area contributed by atoms with Crippen LogP contribution in [-0.2, 0) is 4.74 Å². The summed E-state index contributed by atoms with van der Waals surface area (Å²) in [5.41, 5.74) is 2.28. The average molecular weight is 467 g/mol. The molecular weight excluding hydrogens is 424 g/mol. The summed E-state index contributed by atoms with van der Waals surface area (Å²) in [5, 5.41) is 10.1. The van der Waals surface area contributed by atoms with E-state index >= 15 is 0 Å². The van der Waals surface area contributed by atoms with Crippen LogP contribution < -0.4 is 9.47 Å². The number of aliphatic hydroxyl groups excluding tert-OH is 1. The van der Waals surface area contributed by atoms with Crippen molar-refractivity contribution in [3.05, 3.63) is 72.3 Å². The minimum atomic E-state index is -0.412. The zero-order valence-electron chi connectivity index (χ0n) is 21.0. The predicted octanol–water partition coefficient (Wildman–Crippen LogP) is 6.96. The van der Waals surface area contributed by atoms with Crippen LogP contribution in [0.25, 0.3) is 0 Å². The van der Waals surface area contributed by atoms with Crippen molar-refractivity contribution in [2.75, 3.05) is 6.61 Å². The molecule has 0 aliphatic carbocycles. The molecule has 1 fully saturated rings. The lowest BCUT2D eigenvalue weighted by molar-refractivity contribution is -0.0203. The molecule has 0 aromatic heterocycles. The van der Waals surface area contributed by atoms with E-state index in [9.17, 15) is 5.11 Å². The molecule has 1 aliphatic rings. The van der Waals surface area contributed by atoms with Crippen LogP contribution in [0.3, 0.4) is 0 Å². The normalized spacial score (nSPS) is 22.0. The second kappa shape index (κ2) is 14.2. The van der Waals surface area contributed by atoms with Gasteiger partial charge in [0.1, 0.15) is 17.6 Å². The maximum absolute atomic E-state index is 10.1. The first-order valence-corrected chi connectivity index (χ1v) is 12.9. The zero-order chi connectivity index (χ0) is 24.2. The third-order valence-corrected chi connectivity index (χ3v) is 6.51. The summed E-state index contributed by atoms with van der Waals surface area (Å²) >= 11 is 0. The molecule has 2 aromatic carbocycles. The molecule has 2 aromatic rings. The van der Waals surface area contributed by atoms with Crippen molar-refractivity contribution in [3.63, 3.8) is 0 Å². The van der Waals surface area contributed by atoms with Gasteiger partial charge < -0.3 is 19.3 Å². The SMILES string of the molecule is C=CCCCCCCCCC[C@H]1O[C@H](CO)[C@@H](Oc2cccc(C)c2)[C@@H]1Oc1cccc(C)c1. The molecule has 34 heavy (non-hydrogen) atoms. The molecule has 186 valence electrons. The van der Waals surface area contributed by atoms with Crippen molar-refractivity contribution in [1.29, 1.82) is 0 Å². The van der Waals surface area contributed by atoms with Crippen LogP contribution >= 0.6 is 0 Å². The molecule has 0 spiro atoms. The Balaban J connectivity index is 1.61. The van der Waals surface area contributed by atoms with Gasteiger partial charge in [-0.1, -0.05) is 68.9 Å². The number of aliphatic hydroxyl groups is 1. The molecule has 4 heteroatoms. The highest BCUT2D eigenvalue weighted by molar-refractivity contribution is 5.29. The van der Waals surface area contributed by atoms with Gasteiger partial charge in [-0.15, -0.1) is 6.58 Å². The number of rotatable bonds is 15. The molecule has 4 nitrogen and oxygen atoms in total. The number of ether oxygens (including phenoxy) is 3. The molecule has 0 amide bonds. The highest BCUT2D eigenvalue weighted by atomic mass is 16.6. The van der Waals surface area contributed by atoms with Gasteiger partial charge in [0.05, 0.1) is 12.7 Å². The Morgan fingerprint density at radius 3 is 1.85 bits per heavy atom. The highest BCUT2D eigenvalue weighted by Gasteiger charge is 2.47. The van der Waals surface area contributed by atoms with Gasteiger partial charge >= 0.3 is 0 Å². The Morgan fingerprint density at radius 2 is 1.32 bits per heavy atom. The number of hydrogen-bond acceptors (Lipinski definition) is 4. The molecule has 0 saturated carbocycles. The lowest BCUT2D eigenvalue weighted by atomic mass is 10.0. The quantitative estimate of drug-likeness (QED) is 0.228. The van der Waals surface area contributed by atoms with Crippen molar-refractivity contribution in [3.8, 4) is 11.5 Å². The molecule has 1 heterocycles. The summed E-state index contributed by atoms with van der Waals surface area (Å²) in [6.07, 6.45) is 11.5. The average Bonchev–Trinajstić information content (AvgIpc) is 3.14. The molecule has 3 rings (SSSR count). The van der Waals surface area contributed by atoms with E-state index in [1.807, 2.05) is 55.5 Å².